The lowest BCUT2D eigenvalue weighted by Crippen LogP contribution is -2.38. The fourth-order valence-electron chi connectivity index (χ4n) is 3.04. The fraction of sp³-hybridized carbons (Fsp3) is 0.312. The van der Waals surface area contributed by atoms with Gasteiger partial charge in [-0.1, -0.05) is 6.07 Å². The Hall–Kier alpha value is -3.31. The van der Waals surface area contributed by atoms with Crippen LogP contribution in [-0.2, 0) is 9.47 Å². The summed E-state index contributed by atoms with van der Waals surface area (Å²) in [6.07, 6.45) is 1.86. The van der Waals surface area contributed by atoms with Gasteiger partial charge < -0.3 is 14.6 Å². The molecule has 140 valence electrons. The molecule has 0 saturated carbocycles. The fourth-order valence-corrected chi connectivity index (χ4v) is 3.04. The minimum atomic E-state index is -0.679. The van der Waals surface area contributed by atoms with Gasteiger partial charge in [-0.3, -0.25) is 19.6 Å². The van der Waals surface area contributed by atoms with Gasteiger partial charge in [0.25, 0.3) is 5.91 Å². The SMILES string of the molecule is O=C(NN=C1CC(n2cc([N+](=O)[O-])cn2)C2COC1O2)c1cccc(O)c1. The van der Waals surface area contributed by atoms with Crippen LogP contribution in [0.4, 0.5) is 5.69 Å². The van der Waals surface area contributed by atoms with Gasteiger partial charge in [-0.2, -0.15) is 10.2 Å². The summed E-state index contributed by atoms with van der Waals surface area (Å²) in [7, 11) is 0. The molecule has 3 heterocycles. The van der Waals surface area contributed by atoms with E-state index in [1.54, 1.807) is 12.1 Å². The molecular weight excluding hydrogens is 358 g/mol. The average Bonchev–Trinajstić information content (AvgIpc) is 3.30. The van der Waals surface area contributed by atoms with Crippen LogP contribution in [0.1, 0.15) is 22.8 Å². The van der Waals surface area contributed by atoms with Gasteiger partial charge in [-0.25, -0.2) is 5.43 Å². The number of aromatic nitrogens is 2. The normalized spacial score (nSPS) is 25.5. The van der Waals surface area contributed by atoms with Crippen LogP contribution in [0.2, 0.25) is 0 Å². The standard InChI is InChI=1S/C16H15N5O6/c22-11-3-1-2-9(4-11)15(23)19-18-12-5-13(14-8-26-16(12)27-14)20-7-10(6-17-20)21(24)25/h1-4,6-7,13-14,16,22H,5,8H2,(H,19,23). The summed E-state index contributed by atoms with van der Waals surface area (Å²) in [5.74, 6) is -0.525. The summed E-state index contributed by atoms with van der Waals surface area (Å²) in [5.41, 5.74) is 2.99. The first kappa shape index (κ1) is 17.1. The largest absolute Gasteiger partial charge is 0.508 e. The smallest absolute Gasteiger partial charge is 0.307 e. The van der Waals surface area contributed by atoms with Crippen molar-refractivity contribution in [2.45, 2.75) is 24.9 Å². The third-order valence-electron chi connectivity index (χ3n) is 4.38. The number of fused-ring (bicyclic) bond motifs is 2. The van der Waals surface area contributed by atoms with Crippen LogP contribution in [0.3, 0.4) is 0 Å². The van der Waals surface area contributed by atoms with Gasteiger partial charge in [0.2, 0.25) is 0 Å². The molecule has 2 aliphatic heterocycles. The molecule has 2 fully saturated rings. The van der Waals surface area contributed by atoms with Crippen molar-refractivity contribution in [3.8, 4) is 5.75 Å². The first-order chi connectivity index (χ1) is 13.0. The number of nitrogens with zero attached hydrogens (tertiary/aromatic N) is 4. The third kappa shape index (κ3) is 3.37. The molecule has 2 saturated heterocycles. The van der Waals surface area contributed by atoms with Gasteiger partial charge in [-0.15, -0.1) is 0 Å². The van der Waals surface area contributed by atoms with Crippen molar-refractivity contribution in [1.29, 1.82) is 0 Å². The Morgan fingerprint density at radius 1 is 1.48 bits per heavy atom. The number of nitro groups is 1. The number of carbonyl (C=O) groups excluding carboxylic acids is 1. The lowest BCUT2D eigenvalue weighted by Gasteiger charge is -2.28. The lowest BCUT2D eigenvalue weighted by atomic mass is 10.0. The molecule has 3 unspecified atom stereocenters. The molecule has 0 radical (unpaired) electrons. The quantitative estimate of drug-likeness (QED) is 0.601. The van der Waals surface area contributed by atoms with Crippen LogP contribution >= 0.6 is 0 Å². The second-order valence-electron chi connectivity index (χ2n) is 6.14. The van der Waals surface area contributed by atoms with Crippen molar-refractivity contribution in [2.24, 2.45) is 5.10 Å². The Bertz CT molecular complexity index is 926. The molecule has 0 aliphatic carbocycles. The summed E-state index contributed by atoms with van der Waals surface area (Å²) < 4.78 is 12.7. The highest BCUT2D eigenvalue weighted by atomic mass is 16.7. The topological polar surface area (TPSA) is 141 Å². The zero-order chi connectivity index (χ0) is 19.0. The van der Waals surface area contributed by atoms with E-state index in [-0.39, 0.29) is 29.1 Å². The molecule has 2 N–H and O–H groups in total. The van der Waals surface area contributed by atoms with E-state index >= 15 is 0 Å². The molecule has 2 aliphatic rings. The maximum absolute atomic E-state index is 12.2. The van der Waals surface area contributed by atoms with Crippen molar-refractivity contribution in [1.82, 2.24) is 15.2 Å². The van der Waals surface area contributed by atoms with E-state index in [4.69, 9.17) is 9.47 Å². The Morgan fingerprint density at radius 3 is 3.07 bits per heavy atom. The van der Waals surface area contributed by atoms with Crippen molar-refractivity contribution in [3.63, 3.8) is 0 Å². The molecule has 27 heavy (non-hydrogen) atoms. The van der Waals surface area contributed by atoms with Crippen LogP contribution in [0.15, 0.2) is 41.8 Å². The Balaban J connectivity index is 1.51. The van der Waals surface area contributed by atoms with Gasteiger partial charge in [-0.05, 0) is 18.2 Å². The van der Waals surface area contributed by atoms with Gasteiger partial charge in [0.1, 0.15) is 24.2 Å². The number of hydrazone groups is 1. The predicted molar refractivity (Wildman–Crippen MR) is 90.2 cm³/mol. The molecule has 11 nitrogen and oxygen atoms in total. The van der Waals surface area contributed by atoms with Crippen molar-refractivity contribution >= 4 is 17.3 Å². The van der Waals surface area contributed by atoms with Crippen LogP contribution < -0.4 is 5.43 Å². The van der Waals surface area contributed by atoms with Crippen LogP contribution in [-0.4, -0.2) is 50.4 Å². The summed E-state index contributed by atoms with van der Waals surface area (Å²) >= 11 is 0. The van der Waals surface area contributed by atoms with Gasteiger partial charge in [0.15, 0.2) is 6.29 Å². The number of rotatable bonds is 4. The summed E-state index contributed by atoms with van der Waals surface area (Å²) in [6, 6.07) is 5.53. The molecule has 1 amide bonds. The highest BCUT2D eigenvalue weighted by Gasteiger charge is 2.43. The number of hydrogen-bond acceptors (Lipinski definition) is 8. The summed E-state index contributed by atoms with van der Waals surface area (Å²) in [4.78, 5) is 22.5. The number of aromatic hydroxyl groups is 1. The highest BCUT2D eigenvalue weighted by molar-refractivity contribution is 5.96. The number of carbonyl (C=O) groups is 1. The van der Waals surface area contributed by atoms with Crippen LogP contribution in [0, 0.1) is 10.1 Å². The van der Waals surface area contributed by atoms with Gasteiger partial charge in [0.05, 0.1) is 23.3 Å². The first-order valence-corrected chi connectivity index (χ1v) is 8.12. The van der Waals surface area contributed by atoms with E-state index in [1.807, 2.05) is 0 Å². The van der Waals surface area contributed by atoms with E-state index in [9.17, 15) is 20.0 Å². The van der Waals surface area contributed by atoms with Crippen molar-refractivity contribution in [2.75, 3.05) is 6.61 Å². The summed E-state index contributed by atoms with van der Waals surface area (Å²) in [5, 5.41) is 28.4. The zero-order valence-electron chi connectivity index (χ0n) is 13.9. The van der Waals surface area contributed by atoms with Crippen molar-refractivity contribution in [3.05, 3.63) is 52.3 Å². The molecular formula is C16H15N5O6. The second kappa shape index (κ2) is 6.78. The predicted octanol–water partition coefficient (Wildman–Crippen LogP) is 0.969. The maximum Gasteiger partial charge on any atom is 0.307 e. The first-order valence-electron chi connectivity index (χ1n) is 8.12. The molecule has 2 aromatic rings. The van der Waals surface area contributed by atoms with Gasteiger partial charge in [0, 0.05) is 12.0 Å². The minimum absolute atomic E-state index is 0.0291. The van der Waals surface area contributed by atoms with E-state index in [1.165, 1.54) is 29.2 Å². The van der Waals surface area contributed by atoms with E-state index in [2.05, 4.69) is 15.6 Å². The molecule has 1 aromatic heterocycles. The number of phenols is 1. The van der Waals surface area contributed by atoms with E-state index in [0.29, 0.717) is 18.7 Å². The van der Waals surface area contributed by atoms with Crippen molar-refractivity contribution < 1.29 is 24.3 Å². The molecule has 3 atom stereocenters. The number of nitrogens with one attached hydrogen (secondary N) is 1. The van der Waals surface area contributed by atoms with E-state index < -0.39 is 17.1 Å². The van der Waals surface area contributed by atoms with Gasteiger partial charge >= 0.3 is 5.69 Å². The Morgan fingerprint density at radius 2 is 2.33 bits per heavy atom. The zero-order valence-corrected chi connectivity index (χ0v) is 13.9. The second-order valence-corrected chi connectivity index (χ2v) is 6.14. The molecule has 2 bridgehead atoms. The maximum atomic E-state index is 12.2. The monoisotopic (exact) mass is 373 g/mol. The third-order valence-corrected chi connectivity index (χ3v) is 4.38. The number of benzene rings is 1. The Kier molecular flexibility index (Phi) is 4.30. The molecule has 4 rings (SSSR count). The summed E-state index contributed by atoms with van der Waals surface area (Å²) in [6.45, 7) is 0.294. The number of hydrogen-bond donors (Lipinski definition) is 2. The molecule has 0 spiro atoms. The Labute approximate surface area is 152 Å². The molecule has 11 heteroatoms. The molecule has 1 aromatic carbocycles. The average molecular weight is 373 g/mol. The number of phenolic OH excluding ortho intramolecular Hbond substituents is 1. The lowest BCUT2D eigenvalue weighted by molar-refractivity contribution is -0.385. The number of ether oxygens (including phenoxy) is 2. The minimum Gasteiger partial charge on any atom is -0.508 e. The highest BCUT2D eigenvalue weighted by Crippen LogP contribution is 2.33. The van der Waals surface area contributed by atoms with Crippen LogP contribution in [0.25, 0.3) is 0 Å². The van der Waals surface area contributed by atoms with E-state index in [0.717, 1.165) is 0 Å². The number of amides is 1. The van der Waals surface area contributed by atoms with Crippen LogP contribution in [0.5, 0.6) is 5.75 Å².